The Hall–Kier alpha value is -1.10. The van der Waals surface area contributed by atoms with Gasteiger partial charge in [-0.15, -0.1) is 0 Å². The zero-order valence-electron chi connectivity index (χ0n) is 13.1. The van der Waals surface area contributed by atoms with Gasteiger partial charge >= 0.3 is 0 Å². The van der Waals surface area contributed by atoms with E-state index in [1.807, 2.05) is 0 Å². The van der Waals surface area contributed by atoms with E-state index in [4.69, 9.17) is 9.47 Å². The van der Waals surface area contributed by atoms with Crippen LogP contribution in [-0.2, 0) is 15.3 Å². The predicted molar refractivity (Wildman–Crippen MR) is 83.5 cm³/mol. The molecule has 0 aromatic heterocycles. The van der Waals surface area contributed by atoms with E-state index in [1.165, 1.54) is 56.4 Å². The molecule has 4 heteroatoms. The van der Waals surface area contributed by atoms with E-state index in [0.717, 1.165) is 0 Å². The Labute approximate surface area is 131 Å². The lowest BCUT2D eigenvalue weighted by Crippen LogP contribution is -3.01. The Morgan fingerprint density at radius 1 is 1.05 bits per heavy atom. The maximum absolute atomic E-state index is 6.18. The molecule has 2 N–H and O–H groups in total. The number of rotatable bonds is 0. The van der Waals surface area contributed by atoms with Gasteiger partial charge in [-0.25, -0.2) is 0 Å². The zero-order chi connectivity index (χ0) is 14.6. The Balaban J connectivity index is 1.55. The van der Waals surface area contributed by atoms with E-state index in [0.29, 0.717) is 18.6 Å². The van der Waals surface area contributed by atoms with Crippen molar-refractivity contribution in [1.29, 1.82) is 0 Å². The molecule has 0 amide bonds. The lowest BCUT2D eigenvalue weighted by atomic mass is 9.72. The largest absolute Gasteiger partial charge is 0.337 e. The van der Waals surface area contributed by atoms with Gasteiger partial charge in [-0.1, -0.05) is 37.5 Å². The number of hydrogen-bond acceptors (Lipinski definition) is 3. The van der Waals surface area contributed by atoms with Crippen molar-refractivity contribution in [3.63, 3.8) is 0 Å². The van der Waals surface area contributed by atoms with Crippen LogP contribution in [0.1, 0.15) is 37.7 Å². The third-order valence-corrected chi connectivity index (χ3v) is 6.22. The first-order chi connectivity index (χ1) is 10.8. The van der Waals surface area contributed by atoms with E-state index in [9.17, 15) is 0 Å². The number of nitrogens with two attached hydrogens (primary N) is 1. The molecule has 1 saturated carbocycles. The molecule has 1 aromatic rings. The van der Waals surface area contributed by atoms with Crippen LogP contribution < -0.4 is 10.2 Å². The van der Waals surface area contributed by atoms with Crippen LogP contribution in [0.25, 0.3) is 0 Å². The van der Waals surface area contributed by atoms with Crippen molar-refractivity contribution in [2.75, 3.05) is 31.2 Å². The van der Waals surface area contributed by atoms with Crippen molar-refractivity contribution in [3.8, 4) is 0 Å². The number of nitrogens with zero attached hydrogens (tertiary/aromatic N) is 1. The Morgan fingerprint density at radius 2 is 1.82 bits per heavy atom. The van der Waals surface area contributed by atoms with Crippen molar-refractivity contribution < 1.29 is 14.8 Å². The quantitative estimate of drug-likeness (QED) is 0.790. The molecule has 1 aromatic carbocycles. The van der Waals surface area contributed by atoms with Crippen molar-refractivity contribution in [3.05, 3.63) is 29.8 Å². The smallest absolute Gasteiger partial charge is 0.272 e. The zero-order valence-corrected chi connectivity index (χ0v) is 13.1. The molecule has 3 fully saturated rings. The highest BCUT2D eigenvalue weighted by Crippen LogP contribution is 2.50. The third-order valence-electron chi connectivity index (χ3n) is 6.22. The standard InChI is InChI=1S/C18H24N2O2/c1-4-8-17(9-5-1)12-19-16-18(21-10-11-22-18)14-6-2-3-7-15(14)20(16)13-17/h2-3,6-7,16,19H,1,4-5,8-13H2/p+1/t16-/m1/s1. The van der Waals surface area contributed by atoms with Crippen molar-refractivity contribution in [2.24, 2.45) is 5.41 Å². The fourth-order valence-electron chi connectivity index (χ4n) is 5.21. The summed E-state index contributed by atoms with van der Waals surface area (Å²) in [6.45, 7) is 3.80. The molecule has 4 aliphatic rings. The minimum atomic E-state index is -0.535. The van der Waals surface area contributed by atoms with Crippen LogP contribution in [0.15, 0.2) is 24.3 Å². The minimum absolute atomic E-state index is 0.250. The van der Waals surface area contributed by atoms with Gasteiger partial charge in [-0.05, 0) is 18.9 Å². The van der Waals surface area contributed by atoms with Crippen LogP contribution in [-0.4, -0.2) is 32.5 Å². The molecular weight excluding hydrogens is 276 g/mol. The summed E-state index contributed by atoms with van der Waals surface area (Å²) in [6.07, 6.45) is 7.21. The summed E-state index contributed by atoms with van der Waals surface area (Å²) in [5.41, 5.74) is 3.06. The lowest BCUT2D eigenvalue weighted by Gasteiger charge is -2.47. The van der Waals surface area contributed by atoms with Crippen molar-refractivity contribution >= 4 is 5.69 Å². The molecule has 1 aliphatic carbocycles. The van der Waals surface area contributed by atoms with Gasteiger partial charge in [0.2, 0.25) is 6.17 Å². The van der Waals surface area contributed by atoms with Gasteiger partial charge in [0.15, 0.2) is 0 Å². The van der Waals surface area contributed by atoms with Gasteiger partial charge in [0.05, 0.1) is 25.4 Å². The maximum atomic E-state index is 6.18. The van der Waals surface area contributed by atoms with Crippen LogP contribution in [0.4, 0.5) is 5.69 Å². The molecule has 0 bridgehead atoms. The topological polar surface area (TPSA) is 38.3 Å². The number of benzene rings is 1. The summed E-state index contributed by atoms with van der Waals surface area (Å²) in [4.78, 5) is 2.58. The Bertz CT molecular complexity index is 576. The molecular formula is C18H25N2O2+. The van der Waals surface area contributed by atoms with E-state index in [-0.39, 0.29) is 6.17 Å². The summed E-state index contributed by atoms with van der Waals surface area (Å²) in [5.74, 6) is -0.535. The molecule has 3 heterocycles. The number of anilines is 1. The fourth-order valence-corrected chi connectivity index (χ4v) is 5.21. The highest BCUT2D eigenvalue weighted by molar-refractivity contribution is 5.62. The molecule has 5 rings (SSSR count). The van der Waals surface area contributed by atoms with Crippen molar-refractivity contribution in [2.45, 2.75) is 44.1 Å². The van der Waals surface area contributed by atoms with Crippen LogP contribution in [0.5, 0.6) is 0 Å². The summed E-state index contributed by atoms with van der Waals surface area (Å²) < 4.78 is 12.4. The van der Waals surface area contributed by atoms with Crippen LogP contribution in [0.3, 0.4) is 0 Å². The average Bonchev–Trinajstić information content (AvgIpc) is 3.15. The molecule has 3 aliphatic heterocycles. The van der Waals surface area contributed by atoms with Gasteiger partial charge < -0.3 is 19.7 Å². The van der Waals surface area contributed by atoms with Gasteiger partial charge in [0.1, 0.15) is 0 Å². The SMILES string of the molecule is c1ccc2c(c1)N1CC3(CCCCC3)C[NH2+][C@H]1C21OCCO1. The normalized spacial score (nSPS) is 31.5. The molecule has 22 heavy (non-hydrogen) atoms. The molecule has 0 radical (unpaired) electrons. The number of hydrogen-bond donors (Lipinski definition) is 1. The van der Waals surface area contributed by atoms with Gasteiger partial charge in [0, 0.05) is 17.5 Å². The summed E-state index contributed by atoms with van der Waals surface area (Å²) >= 11 is 0. The van der Waals surface area contributed by atoms with E-state index in [1.54, 1.807) is 0 Å². The van der Waals surface area contributed by atoms with Crippen molar-refractivity contribution in [1.82, 2.24) is 0 Å². The molecule has 0 unspecified atom stereocenters. The van der Waals surface area contributed by atoms with E-state index >= 15 is 0 Å². The molecule has 118 valence electrons. The average molecular weight is 301 g/mol. The minimum Gasteiger partial charge on any atom is -0.337 e. The van der Waals surface area contributed by atoms with Crippen LogP contribution in [0.2, 0.25) is 0 Å². The first kappa shape index (κ1) is 13.3. The monoisotopic (exact) mass is 301 g/mol. The number of para-hydroxylation sites is 1. The first-order valence-corrected chi connectivity index (χ1v) is 8.81. The highest BCUT2D eigenvalue weighted by atomic mass is 16.7. The molecule has 4 nitrogen and oxygen atoms in total. The molecule has 2 spiro atoms. The second-order valence-corrected chi connectivity index (χ2v) is 7.45. The Kier molecular flexibility index (Phi) is 2.85. The van der Waals surface area contributed by atoms with Gasteiger partial charge in [0.25, 0.3) is 5.79 Å². The van der Waals surface area contributed by atoms with Gasteiger partial charge in [-0.2, -0.15) is 0 Å². The van der Waals surface area contributed by atoms with E-state index < -0.39 is 5.79 Å². The second-order valence-electron chi connectivity index (χ2n) is 7.45. The van der Waals surface area contributed by atoms with Gasteiger partial charge in [-0.3, -0.25) is 0 Å². The third kappa shape index (κ3) is 1.69. The lowest BCUT2D eigenvalue weighted by molar-refractivity contribution is -0.729. The highest BCUT2D eigenvalue weighted by Gasteiger charge is 2.62. The second kappa shape index (κ2) is 4.70. The van der Waals surface area contributed by atoms with E-state index in [2.05, 4.69) is 34.5 Å². The first-order valence-electron chi connectivity index (χ1n) is 8.81. The summed E-state index contributed by atoms with van der Waals surface area (Å²) in [6, 6.07) is 8.70. The van der Waals surface area contributed by atoms with Crippen LogP contribution >= 0.6 is 0 Å². The fraction of sp³-hybridized carbons (Fsp3) is 0.667. The number of quaternary nitrogens is 1. The maximum Gasteiger partial charge on any atom is 0.272 e. The number of ether oxygens (including phenoxy) is 2. The number of fused-ring (bicyclic) bond motifs is 5. The summed E-state index contributed by atoms with van der Waals surface area (Å²) in [5, 5.41) is 2.50. The summed E-state index contributed by atoms with van der Waals surface area (Å²) in [7, 11) is 0. The Morgan fingerprint density at radius 3 is 2.64 bits per heavy atom. The molecule has 2 saturated heterocycles. The predicted octanol–water partition coefficient (Wildman–Crippen LogP) is 1.56. The van der Waals surface area contributed by atoms with Crippen LogP contribution in [0, 0.1) is 5.41 Å². The molecule has 1 atom stereocenters.